The molecule has 0 aliphatic heterocycles. The molecule has 1 aromatic carbocycles. The van der Waals surface area contributed by atoms with Crippen LogP contribution in [0.5, 0.6) is 0 Å². The Balaban J connectivity index is 1.94. The summed E-state index contributed by atoms with van der Waals surface area (Å²) >= 11 is 0. The lowest BCUT2D eigenvalue weighted by Gasteiger charge is -2.41. The summed E-state index contributed by atoms with van der Waals surface area (Å²) in [5, 5.41) is 16.3. The molecule has 112 valence electrons. The van der Waals surface area contributed by atoms with Crippen LogP contribution in [0.3, 0.4) is 0 Å². The van der Waals surface area contributed by atoms with E-state index in [9.17, 15) is 9.90 Å². The fourth-order valence-electron chi connectivity index (χ4n) is 4.15. The largest absolute Gasteiger partial charge is 0.550 e. The highest BCUT2D eigenvalue weighted by Crippen LogP contribution is 2.70. The van der Waals surface area contributed by atoms with Gasteiger partial charge in [0.1, 0.15) is 0 Å². The van der Waals surface area contributed by atoms with Crippen LogP contribution in [0, 0.1) is 16.2 Å². The van der Waals surface area contributed by atoms with Crippen LogP contribution in [-0.2, 0) is 4.79 Å². The predicted molar refractivity (Wildman–Crippen MR) is 80.7 cm³/mol. The molecule has 1 N–H and O–H groups in total. The Labute approximate surface area is 125 Å². The summed E-state index contributed by atoms with van der Waals surface area (Å²) in [7, 11) is 0. The van der Waals surface area contributed by atoms with Crippen LogP contribution >= 0.6 is 0 Å². The van der Waals surface area contributed by atoms with Gasteiger partial charge in [0.05, 0.1) is 5.69 Å². The average Bonchev–Trinajstić information content (AvgIpc) is 2.76. The number of nitrogens with one attached hydrogen (secondary N) is 1. The number of rotatable bonds is 3. The number of para-hydroxylation sites is 1. The van der Waals surface area contributed by atoms with Gasteiger partial charge in [-0.2, -0.15) is 5.10 Å². The summed E-state index contributed by atoms with van der Waals surface area (Å²) in [4.78, 5) is 11.8. The zero-order chi connectivity index (χ0) is 15.3. The van der Waals surface area contributed by atoms with Gasteiger partial charge in [0.2, 0.25) is 0 Å². The van der Waals surface area contributed by atoms with E-state index < -0.39 is 11.4 Å². The molecule has 0 amide bonds. The first-order valence-corrected chi connectivity index (χ1v) is 7.43. The van der Waals surface area contributed by atoms with Gasteiger partial charge in [-0.25, -0.2) is 0 Å². The molecule has 2 aliphatic carbocycles. The van der Waals surface area contributed by atoms with Gasteiger partial charge >= 0.3 is 0 Å². The summed E-state index contributed by atoms with van der Waals surface area (Å²) in [6.07, 6.45) is 2.02. The normalized spacial score (nSPS) is 35.1. The highest BCUT2D eigenvalue weighted by molar-refractivity contribution is 6.00. The lowest BCUT2D eigenvalue weighted by atomic mass is 9.65. The van der Waals surface area contributed by atoms with Crippen molar-refractivity contribution in [1.82, 2.24) is 0 Å². The number of fused-ring (bicyclic) bond motifs is 2. The number of anilines is 1. The quantitative estimate of drug-likeness (QED) is 0.867. The van der Waals surface area contributed by atoms with E-state index in [4.69, 9.17) is 0 Å². The van der Waals surface area contributed by atoms with E-state index in [1.54, 1.807) is 0 Å². The standard InChI is InChI=1S/C17H22N2O2/c1-15(2)16(3)9-10-17(15,14(20)21)11-13(16)19-18-12-7-5-4-6-8-12/h4-8,18H,9-11H2,1-3H3,(H,20,21)/p-1/t16-,17-/m0/s1. The van der Waals surface area contributed by atoms with Gasteiger partial charge in [0.15, 0.2) is 0 Å². The minimum absolute atomic E-state index is 0.186. The molecule has 21 heavy (non-hydrogen) atoms. The summed E-state index contributed by atoms with van der Waals surface area (Å²) in [5.74, 6) is -0.930. The molecule has 0 heterocycles. The van der Waals surface area contributed by atoms with E-state index in [0.717, 1.165) is 17.8 Å². The Morgan fingerprint density at radius 3 is 2.43 bits per heavy atom. The smallest absolute Gasteiger partial charge is 0.0561 e. The number of aliphatic carboxylic acids is 1. The van der Waals surface area contributed by atoms with Crippen molar-refractivity contribution in [3.63, 3.8) is 0 Å². The molecule has 0 unspecified atom stereocenters. The number of carboxylic acid groups (broad SMARTS) is 1. The fraction of sp³-hybridized carbons (Fsp3) is 0.529. The van der Waals surface area contributed by atoms with Crippen LogP contribution in [-0.4, -0.2) is 11.7 Å². The van der Waals surface area contributed by atoms with E-state index in [2.05, 4.69) is 17.5 Å². The Bertz CT molecular complexity index is 608. The second-order valence-corrected chi connectivity index (χ2v) is 7.04. The van der Waals surface area contributed by atoms with Crippen molar-refractivity contribution in [1.29, 1.82) is 0 Å². The fourth-order valence-corrected chi connectivity index (χ4v) is 4.15. The summed E-state index contributed by atoms with van der Waals surface area (Å²) in [5.41, 5.74) is 3.63. The van der Waals surface area contributed by atoms with Crippen LogP contribution in [0.4, 0.5) is 5.69 Å². The first-order chi connectivity index (χ1) is 9.83. The highest BCUT2D eigenvalue weighted by atomic mass is 16.4. The monoisotopic (exact) mass is 285 g/mol. The molecule has 2 aliphatic rings. The van der Waals surface area contributed by atoms with Gasteiger partial charge in [0.25, 0.3) is 0 Å². The number of hydrogen-bond donors (Lipinski definition) is 1. The molecule has 2 atom stereocenters. The Morgan fingerprint density at radius 2 is 1.86 bits per heavy atom. The zero-order valence-corrected chi connectivity index (χ0v) is 12.8. The topological polar surface area (TPSA) is 64.5 Å². The van der Waals surface area contributed by atoms with Gasteiger partial charge in [-0.15, -0.1) is 0 Å². The molecular weight excluding hydrogens is 264 g/mol. The van der Waals surface area contributed by atoms with E-state index >= 15 is 0 Å². The van der Waals surface area contributed by atoms with Gasteiger partial charge in [-0.1, -0.05) is 39.0 Å². The molecule has 1 aromatic rings. The molecule has 2 saturated carbocycles. The van der Waals surface area contributed by atoms with Gasteiger partial charge in [-0.05, 0) is 36.8 Å². The van der Waals surface area contributed by atoms with Crippen LogP contribution < -0.4 is 10.5 Å². The molecule has 3 rings (SSSR count). The minimum atomic E-state index is -0.930. The number of hydrogen-bond acceptors (Lipinski definition) is 4. The van der Waals surface area contributed by atoms with Crippen molar-refractivity contribution >= 4 is 17.4 Å². The lowest BCUT2D eigenvalue weighted by molar-refractivity contribution is -0.323. The van der Waals surface area contributed by atoms with Crippen molar-refractivity contribution in [2.24, 2.45) is 21.3 Å². The molecule has 2 fully saturated rings. The third-order valence-electron chi connectivity index (χ3n) is 6.22. The molecule has 0 spiro atoms. The third kappa shape index (κ3) is 1.68. The first-order valence-electron chi connectivity index (χ1n) is 7.43. The van der Waals surface area contributed by atoms with Crippen molar-refractivity contribution < 1.29 is 9.90 Å². The maximum atomic E-state index is 11.8. The van der Waals surface area contributed by atoms with Crippen molar-refractivity contribution in [2.45, 2.75) is 40.0 Å². The van der Waals surface area contributed by atoms with E-state index in [1.165, 1.54) is 0 Å². The second-order valence-electron chi connectivity index (χ2n) is 7.04. The molecule has 0 radical (unpaired) electrons. The maximum absolute atomic E-state index is 11.8. The number of nitrogens with zero attached hydrogens (tertiary/aromatic N) is 1. The van der Waals surface area contributed by atoms with Crippen LogP contribution in [0.2, 0.25) is 0 Å². The highest BCUT2D eigenvalue weighted by Gasteiger charge is 2.69. The number of carbonyl (C=O) groups excluding carboxylic acids is 1. The third-order valence-corrected chi connectivity index (χ3v) is 6.22. The Morgan fingerprint density at radius 1 is 1.19 bits per heavy atom. The van der Waals surface area contributed by atoms with Gasteiger partial charge < -0.3 is 9.90 Å². The van der Waals surface area contributed by atoms with E-state index in [-0.39, 0.29) is 10.8 Å². The number of hydrazone groups is 1. The van der Waals surface area contributed by atoms with Gasteiger partial charge in [-0.3, -0.25) is 5.43 Å². The molecular formula is C17H21N2O2-. The van der Waals surface area contributed by atoms with Crippen LogP contribution in [0.1, 0.15) is 40.0 Å². The Kier molecular flexibility index (Phi) is 2.91. The van der Waals surface area contributed by atoms with Gasteiger partial charge in [0, 0.05) is 22.5 Å². The second kappa shape index (κ2) is 4.33. The van der Waals surface area contributed by atoms with Crippen molar-refractivity contribution in [2.75, 3.05) is 5.43 Å². The Hall–Kier alpha value is -1.84. The number of carboxylic acids is 1. The van der Waals surface area contributed by atoms with Crippen LogP contribution in [0.25, 0.3) is 0 Å². The molecule has 0 aromatic heterocycles. The minimum Gasteiger partial charge on any atom is -0.550 e. The zero-order valence-electron chi connectivity index (χ0n) is 12.8. The molecule has 4 heteroatoms. The number of carbonyl (C=O) groups is 1. The first kappa shape index (κ1) is 14.1. The molecule has 0 saturated heterocycles. The predicted octanol–water partition coefficient (Wildman–Crippen LogP) is 2.42. The average molecular weight is 285 g/mol. The summed E-state index contributed by atoms with van der Waals surface area (Å²) in [6.45, 7) is 6.22. The van der Waals surface area contributed by atoms with E-state index in [1.807, 2.05) is 44.2 Å². The SMILES string of the molecule is CC1(C)[C@@]2(C(=O)[O-])CC[C@@]1(C)C(=NNc1ccccc1)C2. The summed E-state index contributed by atoms with van der Waals surface area (Å²) < 4.78 is 0. The van der Waals surface area contributed by atoms with Crippen LogP contribution in [0.15, 0.2) is 35.4 Å². The maximum Gasteiger partial charge on any atom is 0.0561 e. The number of benzene rings is 1. The van der Waals surface area contributed by atoms with E-state index in [0.29, 0.717) is 12.8 Å². The van der Waals surface area contributed by atoms with Crippen molar-refractivity contribution in [3.05, 3.63) is 30.3 Å². The van der Waals surface area contributed by atoms with Crippen molar-refractivity contribution in [3.8, 4) is 0 Å². The lowest BCUT2D eigenvalue weighted by Crippen LogP contribution is -2.47. The summed E-state index contributed by atoms with van der Waals surface area (Å²) in [6, 6.07) is 9.72. The molecule has 2 bridgehead atoms. The molecule has 4 nitrogen and oxygen atoms in total.